The Labute approximate surface area is 227 Å². The van der Waals surface area contributed by atoms with Gasteiger partial charge < -0.3 is 20.3 Å². The second-order valence-electron chi connectivity index (χ2n) is 9.32. The van der Waals surface area contributed by atoms with E-state index in [-0.39, 0.29) is 39.4 Å². The monoisotopic (exact) mass is 562 g/mol. The highest BCUT2D eigenvalue weighted by atomic mass is 32.2. The van der Waals surface area contributed by atoms with Crippen molar-refractivity contribution < 1.29 is 32.4 Å². The Morgan fingerprint density at radius 3 is 2.33 bits per heavy atom. The minimum absolute atomic E-state index is 0.00226. The lowest BCUT2D eigenvalue weighted by atomic mass is 10.1. The Morgan fingerprint density at radius 2 is 1.62 bits per heavy atom. The molecule has 0 bridgehead atoms. The third-order valence-electron chi connectivity index (χ3n) is 6.17. The standard InChI is InChI=1S/C26H22N6O7S/c1-26(12-13-26)25(36)27-16-4-2-5-17(14-16)32-40(37,38)18-10-8-15(9-11-18)21-30-23(39-31-21)19-6-3-7-20(28-19)29-22(33)24(34)35/h2-11,14,32H,12-13H2,1H3,(H,27,36)(H,34,35)(H,28,29,33). The van der Waals surface area contributed by atoms with Gasteiger partial charge in [-0.25, -0.2) is 18.2 Å². The molecule has 0 unspecified atom stereocenters. The number of nitrogens with zero attached hydrogens (tertiary/aromatic N) is 3. The molecule has 4 N–H and O–H groups in total. The number of carboxylic acid groups (broad SMARTS) is 1. The molecule has 1 fully saturated rings. The maximum absolute atomic E-state index is 13.0. The van der Waals surface area contributed by atoms with Gasteiger partial charge in [-0.05, 0) is 67.4 Å². The van der Waals surface area contributed by atoms with E-state index in [1.807, 2.05) is 6.92 Å². The van der Waals surface area contributed by atoms with Crippen molar-refractivity contribution in [2.75, 3.05) is 15.4 Å². The first-order chi connectivity index (χ1) is 19.0. The van der Waals surface area contributed by atoms with Crippen LogP contribution < -0.4 is 15.4 Å². The summed E-state index contributed by atoms with van der Waals surface area (Å²) in [5.74, 6) is -2.86. The van der Waals surface area contributed by atoms with Crippen LogP contribution in [0.4, 0.5) is 17.2 Å². The van der Waals surface area contributed by atoms with Crippen molar-refractivity contribution in [2.24, 2.45) is 5.41 Å². The summed E-state index contributed by atoms with van der Waals surface area (Å²) in [6, 6.07) is 16.7. The van der Waals surface area contributed by atoms with E-state index in [9.17, 15) is 22.8 Å². The summed E-state index contributed by atoms with van der Waals surface area (Å²) in [5.41, 5.74) is 1.07. The normalized spacial score (nSPS) is 13.7. The molecule has 0 radical (unpaired) electrons. The zero-order valence-corrected chi connectivity index (χ0v) is 21.7. The van der Waals surface area contributed by atoms with Crippen LogP contribution in [0.2, 0.25) is 0 Å². The van der Waals surface area contributed by atoms with E-state index >= 15 is 0 Å². The van der Waals surface area contributed by atoms with E-state index in [1.165, 1.54) is 42.5 Å². The second kappa shape index (κ2) is 10.2. The van der Waals surface area contributed by atoms with Gasteiger partial charge in [0.15, 0.2) is 0 Å². The lowest BCUT2D eigenvalue weighted by Gasteiger charge is -2.12. The van der Waals surface area contributed by atoms with Gasteiger partial charge in [-0.3, -0.25) is 14.3 Å². The number of aromatic nitrogens is 3. The molecule has 2 aromatic heterocycles. The van der Waals surface area contributed by atoms with Crippen molar-refractivity contribution in [1.29, 1.82) is 0 Å². The van der Waals surface area contributed by atoms with Gasteiger partial charge in [0, 0.05) is 16.7 Å². The van der Waals surface area contributed by atoms with Crippen molar-refractivity contribution in [3.05, 3.63) is 66.7 Å². The van der Waals surface area contributed by atoms with Crippen LogP contribution in [0.5, 0.6) is 0 Å². The van der Waals surface area contributed by atoms with Crippen molar-refractivity contribution in [2.45, 2.75) is 24.7 Å². The first-order valence-corrected chi connectivity index (χ1v) is 13.4. The van der Waals surface area contributed by atoms with Crippen LogP contribution in [0.1, 0.15) is 19.8 Å². The minimum atomic E-state index is -3.95. The van der Waals surface area contributed by atoms with Crippen molar-refractivity contribution in [3.63, 3.8) is 0 Å². The van der Waals surface area contributed by atoms with Crippen LogP contribution in [-0.2, 0) is 24.4 Å². The van der Waals surface area contributed by atoms with Gasteiger partial charge in [0.25, 0.3) is 15.9 Å². The summed E-state index contributed by atoms with van der Waals surface area (Å²) in [5, 5.41) is 17.6. The molecule has 0 aliphatic heterocycles. The van der Waals surface area contributed by atoms with Gasteiger partial charge in [-0.2, -0.15) is 4.98 Å². The maximum Gasteiger partial charge on any atom is 0.394 e. The molecule has 1 aliphatic carbocycles. The van der Waals surface area contributed by atoms with Crippen LogP contribution >= 0.6 is 0 Å². The summed E-state index contributed by atoms with van der Waals surface area (Å²) in [6.45, 7) is 1.88. The number of carbonyl (C=O) groups excluding carboxylic acids is 2. The van der Waals surface area contributed by atoms with Crippen LogP contribution in [0, 0.1) is 5.41 Å². The summed E-state index contributed by atoms with van der Waals surface area (Å²) in [4.78, 5) is 42.8. The average Bonchev–Trinajstić information content (AvgIpc) is 3.49. The molecule has 14 heteroatoms. The summed E-state index contributed by atoms with van der Waals surface area (Å²) in [6.07, 6.45) is 1.65. The average molecular weight is 563 g/mol. The number of hydrogen-bond donors (Lipinski definition) is 4. The fraction of sp³-hybridized carbons (Fsp3) is 0.154. The summed E-state index contributed by atoms with van der Waals surface area (Å²) >= 11 is 0. The lowest BCUT2D eigenvalue weighted by Crippen LogP contribution is -2.22. The smallest absolute Gasteiger partial charge is 0.394 e. The molecule has 2 heterocycles. The molecule has 0 atom stereocenters. The molecule has 1 saturated carbocycles. The minimum Gasteiger partial charge on any atom is -0.474 e. The number of pyridine rings is 1. The molecular weight excluding hydrogens is 540 g/mol. The number of sulfonamides is 1. The van der Waals surface area contributed by atoms with Crippen LogP contribution in [0.3, 0.4) is 0 Å². The fourth-order valence-corrected chi connectivity index (χ4v) is 4.64. The molecule has 4 aromatic rings. The van der Waals surface area contributed by atoms with E-state index < -0.39 is 21.9 Å². The number of benzene rings is 2. The number of rotatable bonds is 8. The van der Waals surface area contributed by atoms with E-state index in [0.29, 0.717) is 16.9 Å². The molecule has 40 heavy (non-hydrogen) atoms. The van der Waals surface area contributed by atoms with Crippen molar-refractivity contribution in [3.8, 4) is 23.0 Å². The lowest BCUT2D eigenvalue weighted by molar-refractivity contribution is -0.147. The summed E-state index contributed by atoms with van der Waals surface area (Å²) < 4.78 is 33.7. The third kappa shape index (κ3) is 5.81. The number of carbonyl (C=O) groups is 3. The number of nitrogens with one attached hydrogen (secondary N) is 3. The van der Waals surface area contributed by atoms with E-state index in [0.717, 1.165) is 12.8 Å². The Kier molecular flexibility index (Phi) is 6.77. The van der Waals surface area contributed by atoms with Gasteiger partial charge in [-0.15, -0.1) is 0 Å². The Hall–Kier alpha value is -5.11. The van der Waals surface area contributed by atoms with E-state index in [2.05, 4.69) is 30.5 Å². The molecular formula is C26H22N6O7S. The van der Waals surface area contributed by atoms with Crippen molar-refractivity contribution in [1.82, 2.24) is 15.1 Å². The quantitative estimate of drug-likeness (QED) is 0.231. The maximum atomic E-state index is 13.0. The molecule has 5 rings (SSSR count). The highest BCUT2D eigenvalue weighted by Gasteiger charge is 2.44. The molecule has 2 amide bonds. The van der Waals surface area contributed by atoms with Gasteiger partial charge >= 0.3 is 11.9 Å². The molecule has 0 saturated heterocycles. The number of hydrogen-bond acceptors (Lipinski definition) is 9. The number of amides is 2. The SMILES string of the molecule is CC1(C(=O)Nc2cccc(NS(=O)(=O)c3ccc(-c4noc(-c5cccc(NC(=O)C(=O)O)n5)n4)cc3)c2)CC1. The Balaban J connectivity index is 1.28. The molecule has 1 aliphatic rings. The highest BCUT2D eigenvalue weighted by Crippen LogP contribution is 2.45. The zero-order chi connectivity index (χ0) is 28.5. The molecule has 0 spiro atoms. The molecule has 13 nitrogen and oxygen atoms in total. The third-order valence-corrected chi connectivity index (χ3v) is 7.57. The highest BCUT2D eigenvalue weighted by molar-refractivity contribution is 7.92. The number of aliphatic carboxylic acids is 1. The van der Waals surface area contributed by atoms with E-state index in [1.54, 1.807) is 24.3 Å². The number of anilines is 3. The summed E-state index contributed by atoms with van der Waals surface area (Å²) in [7, 11) is -3.95. The second-order valence-corrected chi connectivity index (χ2v) is 11.0. The Bertz CT molecular complexity index is 1730. The van der Waals surface area contributed by atoms with Gasteiger partial charge in [0.05, 0.1) is 10.6 Å². The zero-order valence-electron chi connectivity index (χ0n) is 20.9. The van der Waals surface area contributed by atoms with Gasteiger partial charge in [0.1, 0.15) is 11.5 Å². The van der Waals surface area contributed by atoms with Gasteiger partial charge in [-0.1, -0.05) is 24.2 Å². The van der Waals surface area contributed by atoms with Gasteiger partial charge in [0.2, 0.25) is 11.7 Å². The first-order valence-electron chi connectivity index (χ1n) is 11.9. The first kappa shape index (κ1) is 26.5. The largest absolute Gasteiger partial charge is 0.474 e. The predicted octanol–water partition coefficient (Wildman–Crippen LogP) is 3.36. The van der Waals surface area contributed by atoms with Crippen LogP contribution in [0.25, 0.3) is 23.0 Å². The number of carboxylic acids is 1. The fourth-order valence-electron chi connectivity index (χ4n) is 3.59. The van der Waals surface area contributed by atoms with E-state index in [4.69, 9.17) is 9.63 Å². The Morgan fingerprint density at radius 1 is 0.925 bits per heavy atom. The van der Waals surface area contributed by atoms with Crippen molar-refractivity contribution >= 4 is 45.0 Å². The van der Waals surface area contributed by atoms with Crippen LogP contribution in [-0.4, -0.2) is 46.4 Å². The molecule has 204 valence electrons. The molecule has 2 aromatic carbocycles. The van der Waals surface area contributed by atoms with Crippen LogP contribution in [0.15, 0.2) is 76.1 Å². The topological polar surface area (TPSA) is 193 Å². The predicted molar refractivity (Wildman–Crippen MR) is 142 cm³/mol.